The number of carboxylic acid groups (broad SMARTS) is 1. The van der Waals surface area contributed by atoms with Crippen LogP contribution in [0.3, 0.4) is 0 Å². The molecule has 3 aromatic rings. The molecule has 0 spiro atoms. The summed E-state index contributed by atoms with van der Waals surface area (Å²) < 4.78 is 5.81. The van der Waals surface area contributed by atoms with Crippen LogP contribution in [0.1, 0.15) is 31.2 Å². The molecule has 0 atom stereocenters. The van der Waals surface area contributed by atoms with Crippen LogP contribution in [-0.4, -0.2) is 27.7 Å². The molecule has 0 radical (unpaired) electrons. The van der Waals surface area contributed by atoms with E-state index in [4.69, 9.17) is 16.3 Å². The fourth-order valence-electron chi connectivity index (χ4n) is 2.79. The van der Waals surface area contributed by atoms with E-state index in [-0.39, 0.29) is 6.42 Å². The number of carbonyl (C=O) groups is 1. The lowest BCUT2D eigenvalue weighted by atomic mass is 10.2. The maximum atomic E-state index is 10.5. The van der Waals surface area contributed by atoms with Gasteiger partial charge in [0.1, 0.15) is 17.9 Å². The van der Waals surface area contributed by atoms with Gasteiger partial charge in [0, 0.05) is 23.1 Å². The Balaban J connectivity index is 1.69. The molecular weight excluding hydrogens is 354 g/mol. The molecule has 0 bridgehead atoms. The van der Waals surface area contributed by atoms with Crippen LogP contribution in [0.15, 0.2) is 48.8 Å². The van der Waals surface area contributed by atoms with Gasteiger partial charge in [0.05, 0.1) is 12.1 Å². The molecule has 0 aliphatic rings. The van der Waals surface area contributed by atoms with Crippen LogP contribution in [-0.2, 0) is 4.79 Å². The number of terminal acetylenes is 1. The second kappa shape index (κ2) is 9.38. The highest BCUT2D eigenvalue weighted by Gasteiger charge is 2.07. The van der Waals surface area contributed by atoms with Crippen molar-refractivity contribution in [3.05, 3.63) is 54.4 Å². The van der Waals surface area contributed by atoms with Crippen molar-refractivity contribution in [2.75, 3.05) is 11.9 Å². The predicted molar refractivity (Wildman–Crippen MR) is 109 cm³/mol. The van der Waals surface area contributed by atoms with Gasteiger partial charge in [0.2, 0.25) is 0 Å². The van der Waals surface area contributed by atoms with E-state index >= 15 is 0 Å². The second-order valence-electron chi connectivity index (χ2n) is 6.30. The number of hydrogen-bond donors (Lipinski definition) is 2. The van der Waals surface area contributed by atoms with Gasteiger partial charge in [-0.3, -0.25) is 4.79 Å². The molecule has 6 nitrogen and oxygen atoms in total. The third-order valence-electron chi connectivity index (χ3n) is 4.20. The van der Waals surface area contributed by atoms with Gasteiger partial charge in [-0.05, 0) is 55.7 Å². The summed E-state index contributed by atoms with van der Waals surface area (Å²) in [6.07, 6.45) is 9.46. The SMILES string of the molecule is C#Cc1cccc(Nc2ncnc3ccc(OCCCCCC(=O)O)cc23)c1. The average Bonchev–Trinajstić information content (AvgIpc) is 2.71. The molecule has 0 aliphatic carbocycles. The van der Waals surface area contributed by atoms with E-state index in [1.807, 2.05) is 42.5 Å². The van der Waals surface area contributed by atoms with Crippen LogP contribution in [0.4, 0.5) is 11.5 Å². The van der Waals surface area contributed by atoms with E-state index in [1.165, 1.54) is 6.33 Å². The van der Waals surface area contributed by atoms with E-state index in [0.717, 1.165) is 40.7 Å². The highest BCUT2D eigenvalue weighted by molar-refractivity contribution is 5.91. The first-order valence-electron chi connectivity index (χ1n) is 9.09. The highest BCUT2D eigenvalue weighted by Crippen LogP contribution is 2.27. The first-order valence-corrected chi connectivity index (χ1v) is 9.09. The first-order chi connectivity index (χ1) is 13.7. The fourth-order valence-corrected chi connectivity index (χ4v) is 2.79. The highest BCUT2D eigenvalue weighted by atomic mass is 16.5. The quantitative estimate of drug-likeness (QED) is 0.426. The number of aromatic nitrogens is 2. The van der Waals surface area contributed by atoms with E-state index in [9.17, 15) is 4.79 Å². The zero-order valence-corrected chi connectivity index (χ0v) is 15.4. The summed E-state index contributed by atoms with van der Waals surface area (Å²) in [7, 11) is 0. The number of nitrogens with one attached hydrogen (secondary N) is 1. The molecule has 3 rings (SSSR count). The number of unbranched alkanes of at least 4 members (excludes halogenated alkanes) is 2. The molecule has 0 fully saturated rings. The third-order valence-corrected chi connectivity index (χ3v) is 4.20. The minimum absolute atomic E-state index is 0.198. The van der Waals surface area contributed by atoms with Gasteiger partial charge >= 0.3 is 5.97 Å². The Kier molecular flexibility index (Phi) is 6.42. The number of fused-ring (bicyclic) bond motifs is 1. The summed E-state index contributed by atoms with van der Waals surface area (Å²) in [6.45, 7) is 0.534. The molecule has 2 aromatic carbocycles. The van der Waals surface area contributed by atoms with Gasteiger partial charge in [-0.25, -0.2) is 9.97 Å². The number of hydrogen-bond acceptors (Lipinski definition) is 5. The van der Waals surface area contributed by atoms with Crippen LogP contribution >= 0.6 is 0 Å². The molecule has 0 unspecified atom stereocenters. The Morgan fingerprint density at radius 1 is 1.14 bits per heavy atom. The fraction of sp³-hybridized carbons (Fsp3) is 0.227. The number of benzene rings is 2. The monoisotopic (exact) mass is 375 g/mol. The van der Waals surface area contributed by atoms with Gasteiger partial charge in [-0.2, -0.15) is 0 Å². The summed E-state index contributed by atoms with van der Waals surface area (Å²) in [5.41, 5.74) is 2.44. The number of nitrogens with zero attached hydrogens (tertiary/aromatic N) is 2. The lowest BCUT2D eigenvalue weighted by Crippen LogP contribution is -2.00. The standard InChI is InChI=1S/C22H21N3O3/c1-2-16-7-6-8-17(13-16)25-22-19-14-18(10-11-20(19)23-15-24-22)28-12-5-3-4-9-21(26)27/h1,6-8,10-11,13-15H,3-5,9,12H2,(H,26,27)(H,23,24,25). The van der Waals surface area contributed by atoms with Crippen molar-refractivity contribution in [2.24, 2.45) is 0 Å². The first kappa shape index (κ1) is 19.2. The van der Waals surface area contributed by atoms with Crippen molar-refractivity contribution in [2.45, 2.75) is 25.7 Å². The van der Waals surface area contributed by atoms with Crippen molar-refractivity contribution in [3.8, 4) is 18.1 Å². The van der Waals surface area contributed by atoms with Crippen LogP contribution in [0.25, 0.3) is 10.9 Å². The van der Waals surface area contributed by atoms with Crippen molar-refractivity contribution in [3.63, 3.8) is 0 Å². The van der Waals surface area contributed by atoms with Gasteiger partial charge in [-0.15, -0.1) is 6.42 Å². The Morgan fingerprint density at radius 2 is 2.04 bits per heavy atom. The van der Waals surface area contributed by atoms with Crippen LogP contribution < -0.4 is 10.1 Å². The lowest BCUT2D eigenvalue weighted by Gasteiger charge is -2.11. The minimum Gasteiger partial charge on any atom is -0.494 e. The Labute approximate surface area is 163 Å². The molecular formula is C22H21N3O3. The molecule has 1 aromatic heterocycles. The van der Waals surface area contributed by atoms with Crippen molar-refractivity contribution < 1.29 is 14.6 Å². The number of anilines is 2. The summed E-state index contributed by atoms with van der Waals surface area (Å²) in [4.78, 5) is 19.2. The van der Waals surface area contributed by atoms with Crippen LogP contribution in [0.2, 0.25) is 0 Å². The maximum Gasteiger partial charge on any atom is 0.303 e. The molecule has 142 valence electrons. The Morgan fingerprint density at radius 3 is 2.86 bits per heavy atom. The normalized spacial score (nSPS) is 10.4. The zero-order valence-electron chi connectivity index (χ0n) is 15.4. The molecule has 0 saturated carbocycles. The third kappa shape index (κ3) is 5.21. The summed E-state index contributed by atoms with van der Waals surface area (Å²) >= 11 is 0. The van der Waals surface area contributed by atoms with E-state index in [0.29, 0.717) is 18.8 Å². The van der Waals surface area contributed by atoms with E-state index in [1.54, 1.807) is 0 Å². The van der Waals surface area contributed by atoms with Crippen LogP contribution in [0.5, 0.6) is 5.75 Å². The molecule has 2 N–H and O–H groups in total. The number of carboxylic acids is 1. The molecule has 28 heavy (non-hydrogen) atoms. The molecule has 0 aliphatic heterocycles. The summed E-state index contributed by atoms with van der Waals surface area (Å²) in [5, 5.41) is 12.8. The second-order valence-corrected chi connectivity index (χ2v) is 6.30. The molecule has 6 heteroatoms. The van der Waals surface area contributed by atoms with Crippen molar-refractivity contribution in [1.82, 2.24) is 9.97 Å². The molecule has 1 heterocycles. The zero-order chi connectivity index (χ0) is 19.8. The van der Waals surface area contributed by atoms with Gasteiger partial charge < -0.3 is 15.2 Å². The Hall–Kier alpha value is -3.59. The largest absolute Gasteiger partial charge is 0.494 e. The average molecular weight is 375 g/mol. The van der Waals surface area contributed by atoms with Gasteiger partial charge in [-0.1, -0.05) is 12.0 Å². The minimum atomic E-state index is -0.761. The summed E-state index contributed by atoms with van der Waals surface area (Å²) in [6, 6.07) is 13.2. The number of ether oxygens (including phenoxy) is 1. The van der Waals surface area contributed by atoms with Gasteiger partial charge in [0.25, 0.3) is 0 Å². The lowest BCUT2D eigenvalue weighted by molar-refractivity contribution is -0.137. The van der Waals surface area contributed by atoms with Gasteiger partial charge in [0.15, 0.2) is 0 Å². The number of aliphatic carboxylic acids is 1. The van der Waals surface area contributed by atoms with E-state index in [2.05, 4.69) is 21.2 Å². The van der Waals surface area contributed by atoms with Crippen molar-refractivity contribution in [1.29, 1.82) is 0 Å². The van der Waals surface area contributed by atoms with E-state index < -0.39 is 5.97 Å². The summed E-state index contributed by atoms with van der Waals surface area (Å²) in [5.74, 6) is 3.25. The van der Waals surface area contributed by atoms with Crippen LogP contribution in [0, 0.1) is 12.3 Å². The predicted octanol–water partition coefficient (Wildman–Crippen LogP) is 4.38. The number of rotatable bonds is 9. The smallest absolute Gasteiger partial charge is 0.303 e. The molecule has 0 amide bonds. The topological polar surface area (TPSA) is 84.3 Å². The Bertz CT molecular complexity index is 1010. The van der Waals surface area contributed by atoms with Crippen molar-refractivity contribution >= 4 is 28.4 Å². The maximum absolute atomic E-state index is 10.5. The molecule has 0 saturated heterocycles.